The van der Waals surface area contributed by atoms with Crippen molar-refractivity contribution in [2.75, 3.05) is 13.7 Å². The van der Waals surface area contributed by atoms with E-state index in [1.165, 1.54) is 11.1 Å². The lowest BCUT2D eigenvalue weighted by Crippen LogP contribution is -2.19. The van der Waals surface area contributed by atoms with Gasteiger partial charge in [-0.1, -0.05) is 24.3 Å². The fourth-order valence-electron chi connectivity index (χ4n) is 2.17. The van der Waals surface area contributed by atoms with E-state index in [1.807, 2.05) is 25.1 Å². The summed E-state index contributed by atoms with van der Waals surface area (Å²) in [6.45, 7) is 6.63. The number of rotatable bonds is 5. The van der Waals surface area contributed by atoms with Crippen LogP contribution in [0.5, 0.6) is 11.5 Å². The molecule has 0 bridgehead atoms. The third kappa shape index (κ3) is 3.76. The molecule has 3 heteroatoms. The molecule has 0 spiro atoms. The predicted molar refractivity (Wildman–Crippen MR) is 86.1 cm³/mol. The molecule has 3 nitrogen and oxygen atoms in total. The maximum atomic E-state index is 6.22. The zero-order chi connectivity index (χ0) is 15.4. The second-order valence-corrected chi connectivity index (χ2v) is 5.42. The SMILES string of the molecule is COc1cc(C)ccc1OCC(N)c1ccc(C)c(C)c1. The predicted octanol–water partition coefficient (Wildman–Crippen LogP) is 3.70. The van der Waals surface area contributed by atoms with Gasteiger partial charge in [0.15, 0.2) is 11.5 Å². The molecular weight excluding hydrogens is 262 g/mol. The van der Waals surface area contributed by atoms with Crippen LogP contribution in [-0.4, -0.2) is 13.7 Å². The summed E-state index contributed by atoms with van der Waals surface area (Å²) in [4.78, 5) is 0. The van der Waals surface area contributed by atoms with Crippen molar-refractivity contribution in [2.24, 2.45) is 5.73 Å². The monoisotopic (exact) mass is 285 g/mol. The molecule has 0 fully saturated rings. The van der Waals surface area contributed by atoms with Gasteiger partial charge in [0.05, 0.1) is 13.2 Å². The smallest absolute Gasteiger partial charge is 0.161 e. The van der Waals surface area contributed by atoms with Crippen LogP contribution in [0.4, 0.5) is 0 Å². The number of aryl methyl sites for hydroxylation is 3. The van der Waals surface area contributed by atoms with Gasteiger partial charge in [0, 0.05) is 0 Å². The second-order valence-electron chi connectivity index (χ2n) is 5.42. The summed E-state index contributed by atoms with van der Waals surface area (Å²) in [6.07, 6.45) is 0. The molecule has 2 rings (SSSR count). The first-order chi connectivity index (χ1) is 10.0. The normalized spacial score (nSPS) is 12.0. The Kier molecular flexibility index (Phi) is 4.86. The lowest BCUT2D eigenvalue weighted by Gasteiger charge is -2.16. The van der Waals surface area contributed by atoms with Gasteiger partial charge < -0.3 is 15.2 Å². The van der Waals surface area contributed by atoms with E-state index in [1.54, 1.807) is 7.11 Å². The van der Waals surface area contributed by atoms with Gasteiger partial charge in [-0.05, 0) is 55.2 Å². The van der Waals surface area contributed by atoms with E-state index >= 15 is 0 Å². The van der Waals surface area contributed by atoms with Crippen LogP contribution in [0.15, 0.2) is 36.4 Å². The van der Waals surface area contributed by atoms with Gasteiger partial charge in [-0.2, -0.15) is 0 Å². The van der Waals surface area contributed by atoms with Crippen LogP contribution in [0.1, 0.15) is 28.3 Å². The van der Waals surface area contributed by atoms with Crippen LogP contribution in [0.25, 0.3) is 0 Å². The minimum Gasteiger partial charge on any atom is -0.493 e. The molecule has 0 heterocycles. The first-order valence-electron chi connectivity index (χ1n) is 7.11. The Labute approximate surface area is 126 Å². The largest absolute Gasteiger partial charge is 0.493 e. The molecule has 0 saturated carbocycles. The summed E-state index contributed by atoms with van der Waals surface area (Å²) >= 11 is 0. The molecule has 0 aliphatic heterocycles. The summed E-state index contributed by atoms with van der Waals surface area (Å²) in [5.41, 5.74) is 11.0. The average molecular weight is 285 g/mol. The molecule has 0 aliphatic carbocycles. The van der Waals surface area contributed by atoms with Crippen LogP contribution >= 0.6 is 0 Å². The molecule has 1 atom stereocenters. The fraction of sp³-hybridized carbons (Fsp3) is 0.333. The van der Waals surface area contributed by atoms with E-state index in [0.717, 1.165) is 22.6 Å². The first-order valence-corrected chi connectivity index (χ1v) is 7.11. The Morgan fingerprint density at radius 2 is 1.71 bits per heavy atom. The molecule has 0 amide bonds. The maximum Gasteiger partial charge on any atom is 0.161 e. The number of hydrogen-bond donors (Lipinski definition) is 1. The van der Waals surface area contributed by atoms with Crippen LogP contribution in [0.3, 0.4) is 0 Å². The quantitative estimate of drug-likeness (QED) is 0.911. The van der Waals surface area contributed by atoms with Gasteiger partial charge in [0.25, 0.3) is 0 Å². The summed E-state index contributed by atoms with van der Waals surface area (Å²) in [6, 6.07) is 12.0. The van der Waals surface area contributed by atoms with Gasteiger partial charge >= 0.3 is 0 Å². The third-order valence-electron chi connectivity index (χ3n) is 3.70. The van der Waals surface area contributed by atoms with Crippen LogP contribution in [0.2, 0.25) is 0 Å². The fourth-order valence-corrected chi connectivity index (χ4v) is 2.17. The van der Waals surface area contributed by atoms with Crippen molar-refractivity contribution in [2.45, 2.75) is 26.8 Å². The second kappa shape index (κ2) is 6.64. The average Bonchev–Trinajstić information content (AvgIpc) is 2.48. The summed E-state index contributed by atoms with van der Waals surface area (Å²) < 4.78 is 11.2. The molecule has 0 saturated heterocycles. The molecule has 0 aromatic heterocycles. The zero-order valence-corrected chi connectivity index (χ0v) is 13.1. The molecule has 0 radical (unpaired) electrons. The molecule has 2 aromatic rings. The van der Waals surface area contributed by atoms with E-state index in [9.17, 15) is 0 Å². The summed E-state index contributed by atoms with van der Waals surface area (Å²) in [5.74, 6) is 1.46. The van der Waals surface area contributed by atoms with Crippen molar-refractivity contribution >= 4 is 0 Å². The van der Waals surface area contributed by atoms with E-state index in [2.05, 4.69) is 32.0 Å². The number of hydrogen-bond acceptors (Lipinski definition) is 3. The van der Waals surface area contributed by atoms with Crippen molar-refractivity contribution in [1.29, 1.82) is 0 Å². The van der Waals surface area contributed by atoms with Crippen molar-refractivity contribution in [3.05, 3.63) is 58.7 Å². The number of ether oxygens (including phenoxy) is 2. The highest BCUT2D eigenvalue weighted by molar-refractivity contribution is 5.42. The number of nitrogens with two attached hydrogens (primary N) is 1. The maximum absolute atomic E-state index is 6.22. The Hall–Kier alpha value is -2.00. The van der Waals surface area contributed by atoms with Crippen LogP contribution < -0.4 is 15.2 Å². The highest BCUT2D eigenvalue weighted by Crippen LogP contribution is 2.28. The third-order valence-corrected chi connectivity index (χ3v) is 3.70. The Morgan fingerprint density at radius 3 is 2.38 bits per heavy atom. The van der Waals surface area contributed by atoms with Gasteiger partial charge in [0.2, 0.25) is 0 Å². The van der Waals surface area contributed by atoms with E-state index in [-0.39, 0.29) is 6.04 Å². The number of methoxy groups -OCH3 is 1. The molecule has 0 aliphatic rings. The van der Waals surface area contributed by atoms with Gasteiger partial charge in [0.1, 0.15) is 6.61 Å². The number of benzene rings is 2. The molecule has 112 valence electrons. The molecule has 1 unspecified atom stereocenters. The van der Waals surface area contributed by atoms with Crippen molar-refractivity contribution in [3.63, 3.8) is 0 Å². The summed E-state index contributed by atoms with van der Waals surface area (Å²) in [5, 5.41) is 0. The highest BCUT2D eigenvalue weighted by atomic mass is 16.5. The van der Waals surface area contributed by atoms with Gasteiger partial charge in [-0.15, -0.1) is 0 Å². The minimum atomic E-state index is -0.157. The van der Waals surface area contributed by atoms with E-state index in [4.69, 9.17) is 15.2 Å². The molecule has 21 heavy (non-hydrogen) atoms. The lowest BCUT2D eigenvalue weighted by atomic mass is 10.0. The molecule has 2 N–H and O–H groups in total. The first kappa shape index (κ1) is 15.4. The molecule has 2 aromatic carbocycles. The van der Waals surface area contributed by atoms with Gasteiger partial charge in [-0.25, -0.2) is 0 Å². The van der Waals surface area contributed by atoms with Crippen molar-refractivity contribution < 1.29 is 9.47 Å². The Balaban J connectivity index is 2.07. The Morgan fingerprint density at radius 1 is 0.952 bits per heavy atom. The van der Waals surface area contributed by atoms with Crippen LogP contribution in [-0.2, 0) is 0 Å². The van der Waals surface area contributed by atoms with Crippen LogP contribution in [0, 0.1) is 20.8 Å². The Bertz CT molecular complexity index is 623. The van der Waals surface area contributed by atoms with E-state index in [0.29, 0.717) is 6.61 Å². The van der Waals surface area contributed by atoms with E-state index < -0.39 is 0 Å². The standard InChI is InChI=1S/C18H23NO2/c1-12-5-8-17(18(9-12)20-4)21-11-16(19)15-7-6-13(2)14(3)10-15/h5-10,16H,11,19H2,1-4H3. The van der Waals surface area contributed by atoms with Crippen molar-refractivity contribution in [3.8, 4) is 11.5 Å². The topological polar surface area (TPSA) is 44.5 Å². The highest BCUT2D eigenvalue weighted by Gasteiger charge is 2.10. The van der Waals surface area contributed by atoms with Gasteiger partial charge in [-0.3, -0.25) is 0 Å². The minimum absolute atomic E-state index is 0.157. The molecular formula is C18H23NO2. The lowest BCUT2D eigenvalue weighted by molar-refractivity contribution is 0.273. The zero-order valence-electron chi connectivity index (χ0n) is 13.1. The van der Waals surface area contributed by atoms with Crippen molar-refractivity contribution in [1.82, 2.24) is 0 Å². The summed E-state index contributed by atoms with van der Waals surface area (Å²) in [7, 11) is 1.64.